The Morgan fingerprint density at radius 3 is 2.66 bits per heavy atom. The van der Waals surface area contributed by atoms with Crippen molar-refractivity contribution in [3.8, 4) is 5.75 Å². The highest BCUT2D eigenvalue weighted by Crippen LogP contribution is 2.33. The van der Waals surface area contributed by atoms with E-state index < -0.39 is 12.1 Å². The van der Waals surface area contributed by atoms with Crippen LogP contribution in [-0.2, 0) is 22.5 Å². The molecule has 32 heavy (non-hydrogen) atoms. The van der Waals surface area contributed by atoms with Crippen molar-refractivity contribution in [2.45, 2.75) is 38.8 Å². The van der Waals surface area contributed by atoms with Gasteiger partial charge in [0.15, 0.2) is 6.10 Å². The highest BCUT2D eigenvalue weighted by molar-refractivity contribution is 6.02. The Morgan fingerprint density at radius 1 is 1.22 bits per heavy atom. The predicted octanol–water partition coefficient (Wildman–Crippen LogP) is 3.74. The van der Waals surface area contributed by atoms with Gasteiger partial charge in [0.05, 0.1) is 12.2 Å². The molecule has 0 bridgehead atoms. The van der Waals surface area contributed by atoms with E-state index in [-0.39, 0.29) is 0 Å². The first-order chi connectivity index (χ1) is 15.6. The van der Waals surface area contributed by atoms with E-state index >= 15 is 0 Å². The molecule has 4 rings (SSSR count). The quantitative estimate of drug-likeness (QED) is 0.269. The SMILES string of the molecule is CCOC(Cc1ccc(OCCn2ccc3ccc(/C(=N\O)C4CC4)nc32)cc1)C(=O)O. The van der Waals surface area contributed by atoms with Gasteiger partial charge in [-0.25, -0.2) is 9.78 Å². The maximum atomic E-state index is 11.2. The third-order valence-corrected chi connectivity index (χ3v) is 5.53. The number of rotatable bonds is 11. The molecule has 1 saturated carbocycles. The number of pyridine rings is 1. The summed E-state index contributed by atoms with van der Waals surface area (Å²) in [7, 11) is 0. The number of hydrogen-bond donors (Lipinski definition) is 2. The van der Waals surface area contributed by atoms with Crippen LogP contribution in [0.2, 0.25) is 0 Å². The lowest BCUT2D eigenvalue weighted by Gasteiger charge is -2.13. The molecule has 168 valence electrons. The fourth-order valence-electron chi connectivity index (χ4n) is 3.70. The summed E-state index contributed by atoms with van der Waals surface area (Å²) in [5, 5.41) is 23.1. The molecule has 1 aliphatic carbocycles. The minimum absolute atomic E-state index is 0.305. The van der Waals surface area contributed by atoms with Crippen LogP contribution >= 0.6 is 0 Å². The van der Waals surface area contributed by atoms with Gasteiger partial charge < -0.3 is 24.4 Å². The van der Waals surface area contributed by atoms with Crippen LogP contribution in [0.5, 0.6) is 5.75 Å². The molecule has 0 aliphatic heterocycles. The summed E-state index contributed by atoms with van der Waals surface area (Å²) in [6, 6.07) is 13.3. The van der Waals surface area contributed by atoms with E-state index in [1.807, 2.05) is 53.2 Å². The van der Waals surface area contributed by atoms with E-state index in [4.69, 9.17) is 14.5 Å². The van der Waals surface area contributed by atoms with Crippen LogP contribution in [0.15, 0.2) is 53.8 Å². The van der Waals surface area contributed by atoms with Crippen LogP contribution in [0, 0.1) is 5.92 Å². The Bertz CT molecular complexity index is 1100. The average Bonchev–Trinajstić information content (AvgIpc) is 3.55. The number of aliphatic carboxylic acids is 1. The maximum Gasteiger partial charge on any atom is 0.333 e. The Balaban J connectivity index is 1.36. The van der Waals surface area contributed by atoms with Crippen molar-refractivity contribution in [1.82, 2.24) is 9.55 Å². The van der Waals surface area contributed by atoms with Gasteiger partial charge in [-0.15, -0.1) is 0 Å². The minimum Gasteiger partial charge on any atom is -0.492 e. The molecule has 2 heterocycles. The predicted molar refractivity (Wildman–Crippen MR) is 119 cm³/mol. The van der Waals surface area contributed by atoms with Gasteiger partial charge in [0, 0.05) is 30.5 Å². The first-order valence-corrected chi connectivity index (χ1v) is 10.8. The largest absolute Gasteiger partial charge is 0.492 e. The molecule has 8 nitrogen and oxygen atoms in total. The van der Waals surface area contributed by atoms with Crippen molar-refractivity contribution in [1.29, 1.82) is 0 Å². The molecule has 8 heteroatoms. The fraction of sp³-hybridized carbons (Fsp3) is 0.375. The summed E-state index contributed by atoms with van der Waals surface area (Å²) in [5.74, 6) is 0.0574. The van der Waals surface area contributed by atoms with Crippen molar-refractivity contribution in [2.24, 2.45) is 11.1 Å². The van der Waals surface area contributed by atoms with E-state index in [1.165, 1.54) is 0 Å². The van der Waals surface area contributed by atoms with E-state index in [9.17, 15) is 15.1 Å². The van der Waals surface area contributed by atoms with Crippen LogP contribution in [0.4, 0.5) is 0 Å². The Labute approximate surface area is 186 Å². The smallest absolute Gasteiger partial charge is 0.333 e. The van der Waals surface area contributed by atoms with Crippen LogP contribution in [-0.4, -0.2) is 50.9 Å². The molecule has 2 aromatic heterocycles. The molecule has 1 atom stereocenters. The number of oxime groups is 1. The van der Waals surface area contributed by atoms with Gasteiger partial charge in [0.2, 0.25) is 0 Å². The number of carboxylic acid groups (broad SMARTS) is 1. The first kappa shape index (κ1) is 21.8. The number of hydrogen-bond acceptors (Lipinski definition) is 6. The highest BCUT2D eigenvalue weighted by Gasteiger charge is 2.30. The van der Waals surface area contributed by atoms with Crippen LogP contribution < -0.4 is 4.74 Å². The molecule has 0 amide bonds. The van der Waals surface area contributed by atoms with Crippen molar-refractivity contribution in [3.05, 3.63) is 59.9 Å². The van der Waals surface area contributed by atoms with Crippen LogP contribution in [0.25, 0.3) is 11.0 Å². The van der Waals surface area contributed by atoms with Gasteiger partial charge in [-0.2, -0.15) is 0 Å². The molecular weight excluding hydrogens is 410 g/mol. The molecule has 1 aliphatic rings. The van der Waals surface area contributed by atoms with Crippen molar-refractivity contribution < 1.29 is 24.6 Å². The highest BCUT2D eigenvalue weighted by atomic mass is 16.5. The lowest BCUT2D eigenvalue weighted by atomic mass is 10.1. The minimum atomic E-state index is -0.961. The molecule has 1 unspecified atom stereocenters. The van der Waals surface area contributed by atoms with E-state index in [2.05, 4.69) is 5.16 Å². The van der Waals surface area contributed by atoms with Gasteiger partial charge >= 0.3 is 5.97 Å². The standard InChI is InChI=1S/C24H27N3O5/c1-2-31-21(24(28)29)15-16-3-8-19(9-4-16)32-14-13-27-12-11-18-7-10-20(25-23(18)27)22(26-30)17-5-6-17/h3-4,7-12,17,21,30H,2,5-6,13-15H2,1H3,(H,28,29)/b26-22-. The first-order valence-electron chi connectivity index (χ1n) is 10.8. The number of benzene rings is 1. The summed E-state index contributed by atoms with van der Waals surface area (Å²) < 4.78 is 13.2. The molecular formula is C24H27N3O5. The number of nitrogens with zero attached hydrogens (tertiary/aromatic N) is 3. The topological polar surface area (TPSA) is 106 Å². The molecule has 0 spiro atoms. The summed E-state index contributed by atoms with van der Waals surface area (Å²) in [6.45, 7) is 3.21. The zero-order valence-electron chi connectivity index (χ0n) is 18.0. The van der Waals surface area contributed by atoms with Crippen molar-refractivity contribution in [2.75, 3.05) is 13.2 Å². The number of carboxylic acids is 1. The number of fused-ring (bicyclic) bond motifs is 1. The van der Waals surface area contributed by atoms with Crippen LogP contribution in [0.1, 0.15) is 31.0 Å². The van der Waals surface area contributed by atoms with E-state index in [1.54, 1.807) is 6.92 Å². The lowest BCUT2D eigenvalue weighted by molar-refractivity contribution is -0.149. The van der Waals surface area contributed by atoms with Gasteiger partial charge in [-0.1, -0.05) is 17.3 Å². The molecule has 1 fully saturated rings. The summed E-state index contributed by atoms with van der Waals surface area (Å²) in [5.41, 5.74) is 3.08. The summed E-state index contributed by atoms with van der Waals surface area (Å²) in [6.07, 6.45) is 3.51. The second-order valence-electron chi connectivity index (χ2n) is 7.86. The average molecular weight is 437 g/mol. The summed E-state index contributed by atoms with van der Waals surface area (Å²) in [4.78, 5) is 16.0. The molecule has 2 N–H and O–H groups in total. The van der Waals surface area contributed by atoms with E-state index in [0.29, 0.717) is 49.3 Å². The molecule has 0 radical (unpaired) electrons. The zero-order chi connectivity index (χ0) is 22.5. The Hall–Kier alpha value is -3.39. The van der Waals surface area contributed by atoms with Gasteiger partial charge in [0.25, 0.3) is 0 Å². The van der Waals surface area contributed by atoms with Gasteiger partial charge in [0.1, 0.15) is 23.7 Å². The molecule has 3 aromatic rings. The third kappa shape index (κ3) is 5.08. The summed E-state index contributed by atoms with van der Waals surface area (Å²) >= 11 is 0. The van der Waals surface area contributed by atoms with Crippen molar-refractivity contribution in [3.63, 3.8) is 0 Å². The Morgan fingerprint density at radius 2 is 2.00 bits per heavy atom. The third-order valence-electron chi connectivity index (χ3n) is 5.53. The zero-order valence-corrected chi connectivity index (χ0v) is 18.0. The van der Waals surface area contributed by atoms with E-state index in [0.717, 1.165) is 29.4 Å². The number of carbonyl (C=O) groups is 1. The Kier molecular flexibility index (Phi) is 6.70. The van der Waals surface area contributed by atoms with Gasteiger partial charge in [-0.05, 0) is 55.7 Å². The number of ether oxygens (including phenoxy) is 2. The number of aromatic nitrogens is 2. The monoisotopic (exact) mass is 437 g/mol. The second kappa shape index (κ2) is 9.82. The van der Waals surface area contributed by atoms with Gasteiger partial charge in [-0.3, -0.25) is 0 Å². The second-order valence-corrected chi connectivity index (χ2v) is 7.86. The normalized spacial score (nSPS) is 15.1. The molecule has 0 saturated heterocycles. The maximum absolute atomic E-state index is 11.2. The molecule has 1 aromatic carbocycles. The lowest BCUT2D eigenvalue weighted by Crippen LogP contribution is -2.26. The van der Waals surface area contributed by atoms with Crippen molar-refractivity contribution >= 4 is 22.7 Å². The fourth-order valence-corrected chi connectivity index (χ4v) is 3.70. The van der Waals surface area contributed by atoms with Crippen LogP contribution in [0.3, 0.4) is 0 Å².